The van der Waals surface area contributed by atoms with Crippen LogP contribution in [0.25, 0.3) is 0 Å². The molecule has 0 saturated carbocycles. The number of halogens is 1. The van der Waals surface area contributed by atoms with Gasteiger partial charge in [0.2, 0.25) is 0 Å². The summed E-state index contributed by atoms with van der Waals surface area (Å²) in [6, 6.07) is 9.31. The fourth-order valence-corrected chi connectivity index (χ4v) is 1.83. The van der Waals surface area contributed by atoms with Crippen LogP contribution in [0.1, 0.15) is 16.7 Å². The molecule has 90 valence electrons. The zero-order chi connectivity index (χ0) is 13.0. The summed E-state index contributed by atoms with van der Waals surface area (Å²) in [4.78, 5) is 4.13. The zero-order valence-corrected chi connectivity index (χ0v) is 10.7. The third-order valence-electron chi connectivity index (χ3n) is 2.51. The highest BCUT2D eigenvalue weighted by atomic mass is 35.5. The number of rotatable bonds is 3. The summed E-state index contributed by atoms with van der Waals surface area (Å²) in [5.74, 6) is 0. The SMILES string of the molecule is Cc1cncc(CNc2cc(C#N)ccc2Cl)c1. The zero-order valence-electron chi connectivity index (χ0n) is 9.94. The molecule has 3 nitrogen and oxygen atoms in total. The molecule has 1 aromatic heterocycles. The molecule has 0 spiro atoms. The Bertz CT molecular complexity index is 602. The number of aromatic nitrogens is 1. The van der Waals surface area contributed by atoms with Gasteiger partial charge in [0.25, 0.3) is 0 Å². The summed E-state index contributed by atoms with van der Waals surface area (Å²) >= 11 is 6.06. The van der Waals surface area contributed by atoms with Crippen molar-refractivity contribution in [3.63, 3.8) is 0 Å². The van der Waals surface area contributed by atoms with Crippen molar-refractivity contribution < 1.29 is 0 Å². The quantitative estimate of drug-likeness (QED) is 0.915. The molecule has 1 N–H and O–H groups in total. The molecule has 1 heterocycles. The Morgan fingerprint density at radius 1 is 1.33 bits per heavy atom. The van der Waals surface area contributed by atoms with Crippen molar-refractivity contribution in [2.45, 2.75) is 13.5 Å². The van der Waals surface area contributed by atoms with Crippen LogP contribution in [0.4, 0.5) is 5.69 Å². The summed E-state index contributed by atoms with van der Waals surface area (Å²) in [7, 11) is 0. The van der Waals surface area contributed by atoms with Crippen LogP contribution in [0.3, 0.4) is 0 Å². The highest BCUT2D eigenvalue weighted by Gasteiger charge is 2.02. The van der Waals surface area contributed by atoms with Gasteiger partial charge in [0.1, 0.15) is 0 Å². The Morgan fingerprint density at radius 2 is 2.17 bits per heavy atom. The maximum Gasteiger partial charge on any atom is 0.0992 e. The molecular formula is C14H12ClN3. The van der Waals surface area contributed by atoms with Crippen LogP contribution < -0.4 is 5.32 Å². The molecule has 0 aliphatic rings. The van der Waals surface area contributed by atoms with Gasteiger partial charge in [0, 0.05) is 18.9 Å². The Balaban J connectivity index is 2.13. The normalized spacial score (nSPS) is 9.83. The molecule has 0 radical (unpaired) electrons. The Labute approximate surface area is 111 Å². The summed E-state index contributed by atoms with van der Waals surface area (Å²) in [5.41, 5.74) is 3.54. The smallest absolute Gasteiger partial charge is 0.0992 e. The summed E-state index contributed by atoms with van der Waals surface area (Å²) in [5, 5.41) is 12.7. The minimum Gasteiger partial charge on any atom is -0.380 e. The van der Waals surface area contributed by atoms with Crippen LogP contribution in [0.5, 0.6) is 0 Å². The second-order valence-electron chi connectivity index (χ2n) is 4.03. The third kappa shape index (κ3) is 2.99. The molecule has 0 fully saturated rings. The van der Waals surface area contributed by atoms with Crippen LogP contribution in [0.2, 0.25) is 5.02 Å². The lowest BCUT2D eigenvalue weighted by molar-refractivity contribution is 1.10. The van der Waals surface area contributed by atoms with E-state index < -0.39 is 0 Å². The number of hydrogen-bond acceptors (Lipinski definition) is 3. The van der Waals surface area contributed by atoms with Crippen molar-refractivity contribution in [2.24, 2.45) is 0 Å². The first-order chi connectivity index (χ1) is 8.69. The molecule has 4 heteroatoms. The number of hydrogen-bond donors (Lipinski definition) is 1. The number of nitriles is 1. The molecule has 0 unspecified atom stereocenters. The predicted molar refractivity (Wildman–Crippen MR) is 72.5 cm³/mol. The minimum atomic E-state index is 0.587. The van der Waals surface area contributed by atoms with Gasteiger partial charge in [-0.1, -0.05) is 17.7 Å². The van der Waals surface area contributed by atoms with Crippen molar-refractivity contribution in [1.82, 2.24) is 4.98 Å². The van der Waals surface area contributed by atoms with E-state index in [1.165, 1.54) is 0 Å². The second kappa shape index (κ2) is 5.52. The predicted octanol–water partition coefficient (Wildman–Crippen LogP) is 3.53. The topological polar surface area (TPSA) is 48.7 Å². The van der Waals surface area contributed by atoms with Gasteiger partial charge >= 0.3 is 0 Å². The minimum absolute atomic E-state index is 0.587. The van der Waals surface area contributed by atoms with Crippen LogP contribution in [0, 0.1) is 18.3 Å². The van der Waals surface area contributed by atoms with E-state index in [1.54, 1.807) is 18.2 Å². The molecule has 18 heavy (non-hydrogen) atoms. The van der Waals surface area contributed by atoms with Gasteiger partial charge in [0.05, 0.1) is 22.3 Å². The number of pyridine rings is 1. The summed E-state index contributed by atoms with van der Waals surface area (Å²) < 4.78 is 0. The highest BCUT2D eigenvalue weighted by Crippen LogP contribution is 2.23. The fourth-order valence-electron chi connectivity index (χ4n) is 1.64. The summed E-state index contributed by atoms with van der Waals surface area (Å²) in [6.07, 6.45) is 3.62. The average Bonchev–Trinajstić information content (AvgIpc) is 2.38. The van der Waals surface area contributed by atoms with Crippen LogP contribution in [0.15, 0.2) is 36.7 Å². The third-order valence-corrected chi connectivity index (χ3v) is 2.84. The Kier molecular flexibility index (Phi) is 3.81. The van der Waals surface area contributed by atoms with Crippen LogP contribution in [-0.4, -0.2) is 4.98 Å². The van der Waals surface area contributed by atoms with E-state index in [9.17, 15) is 0 Å². The van der Waals surface area contributed by atoms with E-state index in [0.717, 1.165) is 16.8 Å². The number of anilines is 1. The number of aryl methyl sites for hydroxylation is 1. The van der Waals surface area contributed by atoms with Gasteiger partial charge in [-0.05, 0) is 36.2 Å². The van der Waals surface area contributed by atoms with Crippen molar-refractivity contribution in [2.75, 3.05) is 5.32 Å². The van der Waals surface area contributed by atoms with Gasteiger partial charge in [-0.3, -0.25) is 4.98 Å². The molecule has 0 saturated heterocycles. The lowest BCUT2D eigenvalue weighted by atomic mass is 10.2. The van der Waals surface area contributed by atoms with Crippen molar-refractivity contribution in [1.29, 1.82) is 5.26 Å². The maximum atomic E-state index is 8.84. The first-order valence-corrected chi connectivity index (χ1v) is 5.91. The molecule has 2 rings (SSSR count). The van der Waals surface area contributed by atoms with E-state index in [1.807, 2.05) is 19.3 Å². The first-order valence-electron chi connectivity index (χ1n) is 5.53. The molecule has 0 aliphatic heterocycles. The lowest BCUT2D eigenvalue weighted by Gasteiger charge is -2.09. The van der Waals surface area contributed by atoms with Gasteiger partial charge in [-0.15, -0.1) is 0 Å². The van der Waals surface area contributed by atoms with E-state index in [4.69, 9.17) is 16.9 Å². The van der Waals surface area contributed by atoms with Gasteiger partial charge in [-0.2, -0.15) is 5.26 Å². The van der Waals surface area contributed by atoms with Crippen molar-refractivity contribution in [3.8, 4) is 6.07 Å². The van der Waals surface area contributed by atoms with Crippen molar-refractivity contribution >= 4 is 17.3 Å². The Morgan fingerprint density at radius 3 is 2.89 bits per heavy atom. The number of nitrogens with zero attached hydrogens (tertiary/aromatic N) is 2. The molecular weight excluding hydrogens is 246 g/mol. The van der Waals surface area contributed by atoms with Crippen LogP contribution >= 0.6 is 11.6 Å². The highest BCUT2D eigenvalue weighted by molar-refractivity contribution is 6.33. The largest absolute Gasteiger partial charge is 0.380 e. The van der Waals surface area contributed by atoms with Crippen molar-refractivity contribution in [3.05, 3.63) is 58.4 Å². The fraction of sp³-hybridized carbons (Fsp3) is 0.143. The van der Waals surface area contributed by atoms with Gasteiger partial charge < -0.3 is 5.32 Å². The van der Waals surface area contributed by atoms with Gasteiger partial charge in [0.15, 0.2) is 0 Å². The number of nitrogens with one attached hydrogen (secondary N) is 1. The molecule has 2 aromatic rings. The Hall–Kier alpha value is -2.05. The molecule has 0 bridgehead atoms. The number of benzene rings is 1. The van der Waals surface area contributed by atoms with Gasteiger partial charge in [-0.25, -0.2) is 0 Å². The molecule has 0 atom stereocenters. The first kappa shape index (κ1) is 12.4. The average molecular weight is 258 g/mol. The van der Waals surface area contributed by atoms with E-state index >= 15 is 0 Å². The molecule has 0 amide bonds. The van der Waals surface area contributed by atoms with Crippen LogP contribution in [-0.2, 0) is 6.54 Å². The van der Waals surface area contributed by atoms with E-state index in [-0.39, 0.29) is 0 Å². The van der Waals surface area contributed by atoms with E-state index in [0.29, 0.717) is 17.1 Å². The maximum absolute atomic E-state index is 8.84. The lowest BCUT2D eigenvalue weighted by Crippen LogP contribution is -2.01. The monoisotopic (exact) mass is 257 g/mol. The molecule has 1 aromatic carbocycles. The second-order valence-corrected chi connectivity index (χ2v) is 4.44. The molecule has 0 aliphatic carbocycles. The van der Waals surface area contributed by atoms with E-state index in [2.05, 4.69) is 22.4 Å². The summed E-state index contributed by atoms with van der Waals surface area (Å²) in [6.45, 7) is 2.63. The standard InChI is InChI=1S/C14H12ClN3/c1-10-4-12(8-17-7-10)9-18-14-5-11(6-16)2-3-13(14)15/h2-5,7-8,18H,9H2,1H3.